The van der Waals surface area contributed by atoms with Gasteiger partial charge in [-0.25, -0.2) is 0 Å². The molecule has 4 aliphatic rings. The lowest BCUT2D eigenvalue weighted by atomic mass is 9.89. The van der Waals surface area contributed by atoms with E-state index in [1.54, 1.807) is 0 Å². The van der Waals surface area contributed by atoms with Gasteiger partial charge in [0.1, 0.15) is 0 Å². The summed E-state index contributed by atoms with van der Waals surface area (Å²) in [6.45, 7) is 7.48. The van der Waals surface area contributed by atoms with Gasteiger partial charge in [-0.05, 0) is 86.6 Å². The van der Waals surface area contributed by atoms with Crippen LogP contribution in [0, 0.1) is 5.92 Å². The topological polar surface area (TPSA) is 69.9 Å². The largest absolute Gasteiger partial charge is 0.365 e. The molecule has 0 aliphatic carbocycles. The van der Waals surface area contributed by atoms with Crippen LogP contribution in [0.4, 0.5) is 0 Å². The highest BCUT2D eigenvalue weighted by Crippen LogP contribution is 2.35. The maximum atomic E-state index is 12.9. The highest BCUT2D eigenvalue weighted by Gasteiger charge is 2.24. The summed E-state index contributed by atoms with van der Waals surface area (Å²) in [5, 5.41) is 0.988. The molecule has 2 N–H and O–H groups in total. The predicted octanol–water partition coefficient (Wildman–Crippen LogP) is 4.16. The quantitative estimate of drug-likeness (QED) is 0.599. The second-order valence-corrected chi connectivity index (χ2v) is 11.0. The highest BCUT2D eigenvalue weighted by atomic mass is 32.1. The fourth-order valence-corrected chi connectivity index (χ4v) is 6.33. The number of hydrogen-bond acceptors (Lipinski definition) is 5. The lowest BCUT2D eigenvalue weighted by molar-refractivity contribution is 0.0664. The molecule has 0 atom stereocenters. The Hall–Kier alpha value is -2.74. The Labute approximate surface area is 211 Å². The number of likely N-dealkylation sites (N-methyl/N-ethyl adjacent to an activating group) is 1. The van der Waals surface area contributed by atoms with Crippen molar-refractivity contribution in [2.24, 2.45) is 11.7 Å². The fourth-order valence-electron chi connectivity index (χ4n) is 5.29. The second-order valence-electron chi connectivity index (χ2n) is 9.95. The third-order valence-electron chi connectivity index (χ3n) is 7.56. The first-order valence-corrected chi connectivity index (χ1v) is 13.4. The Morgan fingerprint density at radius 3 is 2.17 bits per heavy atom. The van der Waals surface area contributed by atoms with Crippen molar-refractivity contribution in [3.05, 3.63) is 59.0 Å². The van der Waals surface area contributed by atoms with Crippen LogP contribution in [0.25, 0.3) is 21.2 Å². The molecule has 3 aromatic rings. The van der Waals surface area contributed by atoms with Crippen molar-refractivity contribution in [3.63, 3.8) is 0 Å². The molecule has 1 aromatic heterocycles. The van der Waals surface area contributed by atoms with Gasteiger partial charge in [0.15, 0.2) is 0 Å². The fraction of sp³-hybridized carbons (Fsp3) is 0.429. The number of fused-ring (bicyclic) bond motifs is 4. The van der Waals surface area contributed by atoms with Crippen molar-refractivity contribution in [2.75, 3.05) is 52.9 Å². The van der Waals surface area contributed by atoms with Gasteiger partial charge in [0.2, 0.25) is 0 Å². The average Bonchev–Trinajstić information content (AvgIpc) is 3.36. The number of benzene rings is 2. The molecule has 4 fully saturated rings. The van der Waals surface area contributed by atoms with E-state index >= 15 is 0 Å². The van der Waals surface area contributed by atoms with Gasteiger partial charge in [-0.15, -0.1) is 11.3 Å². The molecule has 0 unspecified atom stereocenters. The van der Waals surface area contributed by atoms with Crippen LogP contribution in [0.2, 0.25) is 0 Å². The first-order valence-electron chi connectivity index (χ1n) is 12.6. The Morgan fingerprint density at radius 2 is 1.57 bits per heavy atom. The molecular weight excluding hydrogens is 456 g/mol. The minimum Gasteiger partial charge on any atom is -0.365 e. The molecule has 7 rings (SSSR count). The van der Waals surface area contributed by atoms with E-state index in [9.17, 15) is 9.59 Å². The summed E-state index contributed by atoms with van der Waals surface area (Å²) < 4.78 is 1.01. The molecule has 0 spiro atoms. The molecule has 2 bridgehead atoms. The van der Waals surface area contributed by atoms with Crippen LogP contribution in [-0.4, -0.2) is 79.4 Å². The molecule has 4 saturated heterocycles. The zero-order valence-electron chi connectivity index (χ0n) is 20.4. The van der Waals surface area contributed by atoms with Gasteiger partial charge in [0, 0.05) is 36.4 Å². The summed E-state index contributed by atoms with van der Waals surface area (Å²) in [4.78, 5) is 31.7. The van der Waals surface area contributed by atoms with Crippen LogP contribution in [0.15, 0.2) is 48.5 Å². The number of nitrogens with zero attached hydrogens (tertiary/aromatic N) is 3. The zero-order valence-corrected chi connectivity index (χ0v) is 21.2. The summed E-state index contributed by atoms with van der Waals surface area (Å²) in [6, 6.07) is 15.5. The normalized spacial score (nSPS) is 22.0. The third-order valence-corrected chi connectivity index (χ3v) is 8.76. The van der Waals surface area contributed by atoms with Crippen LogP contribution in [-0.2, 0) is 0 Å². The highest BCUT2D eigenvalue weighted by molar-refractivity contribution is 7.21. The van der Waals surface area contributed by atoms with Crippen molar-refractivity contribution in [1.29, 1.82) is 0 Å². The number of hydrogen-bond donors (Lipinski definition) is 1. The van der Waals surface area contributed by atoms with Crippen molar-refractivity contribution < 1.29 is 9.59 Å². The standard InChI is InChI=1S/C21H21N3O2S.C7H13N/c1-23-8-10-24(11-9-23)21(26)16-6-2-4-14(12-16)17-7-3-5-15-13-18(20(22)25)27-19(15)17;1-4-8-5-2-7(1)3-6-8/h2-7,12-13H,8-11H2,1H3,(H2,22,25);7H,1-6H2. The van der Waals surface area contributed by atoms with Gasteiger partial charge < -0.3 is 20.4 Å². The van der Waals surface area contributed by atoms with Crippen molar-refractivity contribution in [2.45, 2.75) is 19.3 Å². The van der Waals surface area contributed by atoms with E-state index in [1.165, 1.54) is 50.2 Å². The first kappa shape index (κ1) is 24.0. The number of thiophene rings is 1. The first-order chi connectivity index (χ1) is 17.0. The van der Waals surface area contributed by atoms with Crippen molar-refractivity contribution >= 4 is 33.2 Å². The van der Waals surface area contributed by atoms with Crippen LogP contribution in [0.5, 0.6) is 0 Å². The molecule has 0 saturated carbocycles. The molecule has 6 nitrogen and oxygen atoms in total. The SMILES string of the molecule is C1CN2CCC1CC2.CN1CCN(C(=O)c2cccc(-c3cccc4cc(C(N)=O)sc34)c2)CC1. The maximum Gasteiger partial charge on any atom is 0.258 e. The van der Waals surface area contributed by atoms with E-state index in [-0.39, 0.29) is 5.91 Å². The summed E-state index contributed by atoms with van der Waals surface area (Å²) in [5.74, 6) is 0.766. The number of primary amides is 1. The number of amides is 2. The van der Waals surface area contributed by atoms with Gasteiger partial charge in [0.05, 0.1) is 4.88 Å². The van der Waals surface area contributed by atoms with Gasteiger partial charge in [-0.1, -0.05) is 30.3 Å². The average molecular weight is 491 g/mol. The second kappa shape index (κ2) is 10.5. The minimum absolute atomic E-state index is 0.0705. The Balaban J connectivity index is 0.000000265. The number of carbonyl (C=O) groups is 2. The van der Waals surface area contributed by atoms with Gasteiger partial charge in [0.25, 0.3) is 11.8 Å². The van der Waals surface area contributed by atoms with Gasteiger partial charge in [-0.2, -0.15) is 0 Å². The number of nitrogens with two attached hydrogens (primary N) is 1. The van der Waals surface area contributed by atoms with Crippen LogP contribution >= 0.6 is 11.3 Å². The van der Waals surface area contributed by atoms with Crippen LogP contribution < -0.4 is 5.73 Å². The molecular formula is C28H34N4O2S. The van der Waals surface area contributed by atoms with Crippen molar-refractivity contribution in [1.82, 2.24) is 14.7 Å². The molecule has 2 amide bonds. The molecule has 0 radical (unpaired) electrons. The monoisotopic (exact) mass is 490 g/mol. The maximum absolute atomic E-state index is 12.9. The summed E-state index contributed by atoms with van der Waals surface area (Å²) in [6.07, 6.45) is 4.46. The molecule has 2 aromatic carbocycles. The lowest BCUT2D eigenvalue weighted by Gasteiger charge is -2.38. The smallest absolute Gasteiger partial charge is 0.258 e. The predicted molar refractivity (Wildman–Crippen MR) is 143 cm³/mol. The minimum atomic E-state index is -0.416. The van der Waals surface area contributed by atoms with Gasteiger partial charge in [-0.3, -0.25) is 9.59 Å². The summed E-state index contributed by atoms with van der Waals surface area (Å²) in [5.41, 5.74) is 8.12. The number of piperazine rings is 1. The number of piperidine rings is 3. The van der Waals surface area contributed by atoms with Crippen molar-refractivity contribution in [3.8, 4) is 11.1 Å². The van der Waals surface area contributed by atoms with E-state index in [2.05, 4.69) is 16.8 Å². The molecule has 184 valence electrons. The molecule has 35 heavy (non-hydrogen) atoms. The molecule has 5 heterocycles. The zero-order chi connectivity index (χ0) is 24.4. The Kier molecular flexibility index (Phi) is 7.18. The van der Waals surface area contributed by atoms with Gasteiger partial charge >= 0.3 is 0 Å². The number of rotatable bonds is 3. The van der Waals surface area contributed by atoms with E-state index in [4.69, 9.17) is 5.73 Å². The third kappa shape index (κ3) is 5.42. The van der Waals surface area contributed by atoms with Crippen LogP contribution in [0.3, 0.4) is 0 Å². The summed E-state index contributed by atoms with van der Waals surface area (Å²) in [7, 11) is 2.07. The number of carbonyl (C=O) groups excluding carboxylic acids is 2. The van der Waals surface area contributed by atoms with E-state index in [1.807, 2.05) is 53.4 Å². The molecule has 4 aliphatic heterocycles. The van der Waals surface area contributed by atoms with Crippen LogP contribution in [0.1, 0.15) is 39.3 Å². The Morgan fingerprint density at radius 1 is 0.886 bits per heavy atom. The molecule has 7 heteroatoms. The van der Waals surface area contributed by atoms with E-state index in [0.29, 0.717) is 10.4 Å². The Bertz CT molecular complexity index is 1180. The summed E-state index contributed by atoms with van der Waals surface area (Å²) >= 11 is 1.39. The van der Waals surface area contributed by atoms with E-state index < -0.39 is 5.91 Å². The van der Waals surface area contributed by atoms with E-state index in [0.717, 1.165) is 53.3 Å². The lowest BCUT2D eigenvalue weighted by Crippen LogP contribution is -2.47.